The lowest BCUT2D eigenvalue weighted by Crippen LogP contribution is -2.53. The molecule has 0 aliphatic heterocycles. The van der Waals surface area contributed by atoms with Crippen molar-refractivity contribution in [2.75, 3.05) is 13.1 Å². The highest BCUT2D eigenvalue weighted by molar-refractivity contribution is 5.92. The molecule has 0 saturated carbocycles. The van der Waals surface area contributed by atoms with E-state index in [1.165, 1.54) is 0 Å². The Morgan fingerprint density at radius 3 is 2.10 bits per heavy atom. The van der Waals surface area contributed by atoms with Gasteiger partial charge in [-0.3, -0.25) is 14.4 Å². The lowest BCUT2D eigenvalue weighted by Gasteiger charge is -2.34. The van der Waals surface area contributed by atoms with E-state index >= 15 is 0 Å². The third-order valence-electron chi connectivity index (χ3n) is 6.55. The van der Waals surface area contributed by atoms with Crippen LogP contribution in [-0.2, 0) is 25.5 Å². The van der Waals surface area contributed by atoms with Crippen molar-refractivity contribution in [2.45, 2.75) is 123 Å². The van der Waals surface area contributed by atoms with Crippen LogP contribution in [-0.4, -0.2) is 53.4 Å². The van der Waals surface area contributed by atoms with Crippen LogP contribution in [0.15, 0.2) is 24.3 Å². The van der Waals surface area contributed by atoms with Gasteiger partial charge in [-0.05, 0) is 57.6 Å². The van der Waals surface area contributed by atoms with Crippen LogP contribution >= 0.6 is 0 Å². The average molecular weight is 561 g/mol. The molecule has 1 aromatic carbocycles. The molecule has 9 heteroatoms. The van der Waals surface area contributed by atoms with E-state index in [1.54, 1.807) is 25.7 Å². The maximum atomic E-state index is 14.2. The first-order chi connectivity index (χ1) is 18.9. The summed E-state index contributed by atoms with van der Waals surface area (Å²) >= 11 is 0. The van der Waals surface area contributed by atoms with Crippen LogP contribution in [0.3, 0.4) is 0 Å². The molecule has 0 bridgehead atoms. The number of unbranched alkanes of at least 4 members (excludes halogenated alkanes) is 5. The fourth-order valence-corrected chi connectivity index (χ4v) is 4.36. The molecule has 0 spiro atoms. The van der Waals surface area contributed by atoms with Crippen LogP contribution in [0.2, 0.25) is 0 Å². The fourth-order valence-electron chi connectivity index (χ4n) is 4.36. The number of benzene rings is 1. The van der Waals surface area contributed by atoms with Crippen LogP contribution < -0.4 is 16.4 Å². The summed E-state index contributed by atoms with van der Waals surface area (Å²) in [5.41, 5.74) is 6.44. The number of hydrogen-bond acceptors (Lipinski definition) is 5. The van der Waals surface area contributed by atoms with E-state index in [0.717, 1.165) is 50.5 Å². The van der Waals surface area contributed by atoms with Crippen LogP contribution in [0, 0.1) is 0 Å². The topological polar surface area (TPSA) is 131 Å². The highest BCUT2D eigenvalue weighted by atomic mass is 16.6. The van der Waals surface area contributed by atoms with Gasteiger partial charge in [0, 0.05) is 19.5 Å². The molecule has 226 valence electrons. The fraction of sp³-hybridized carbons (Fsp3) is 0.677. The number of hydrogen-bond donors (Lipinski definition) is 3. The van der Waals surface area contributed by atoms with Crippen molar-refractivity contribution in [3.8, 4) is 0 Å². The largest absolute Gasteiger partial charge is 0.444 e. The van der Waals surface area contributed by atoms with Crippen molar-refractivity contribution >= 4 is 23.8 Å². The molecular formula is C31H52N4O5. The number of primary amides is 1. The number of amides is 4. The molecule has 2 atom stereocenters. The lowest BCUT2D eigenvalue weighted by atomic mass is 9.99. The number of ether oxygens (including phenoxy) is 1. The summed E-state index contributed by atoms with van der Waals surface area (Å²) in [6.07, 6.45) is 6.45. The van der Waals surface area contributed by atoms with Crippen molar-refractivity contribution in [3.63, 3.8) is 0 Å². The minimum absolute atomic E-state index is 0.00151. The van der Waals surface area contributed by atoms with Gasteiger partial charge in [-0.25, -0.2) is 4.79 Å². The Morgan fingerprint density at radius 1 is 0.925 bits per heavy atom. The first-order valence-corrected chi connectivity index (χ1v) is 14.9. The number of rotatable bonds is 18. The summed E-state index contributed by atoms with van der Waals surface area (Å²) in [5, 5.41) is 5.67. The highest BCUT2D eigenvalue weighted by Crippen LogP contribution is 2.25. The summed E-state index contributed by atoms with van der Waals surface area (Å²) in [6, 6.07) is 5.74. The first kappa shape index (κ1) is 34.9. The Kier molecular flexibility index (Phi) is 16.0. The molecule has 1 aromatic rings. The Labute approximate surface area is 241 Å². The molecule has 4 N–H and O–H groups in total. The van der Waals surface area contributed by atoms with Crippen molar-refractivity contribution in [1.82, 2.24) is 15.5 Å². The van der Waals surface area contributed by atoms with Crippen LogP contribution in [0.4, 0.5) is 4.79 Å². The molecule has 4 amide bonds. The predicted molar refractivity (Wildman–Crippen MR) is 159 cm³/mol. The standard InChI is InChI=1S/C31H52N4O5/c1-7-10-12-14-22-35(29(38)25(19-20-26(32)36)34-30(39)40-31(4,5)6)27(28(37)33-21-13-11-8-2)24-17-15-23(9-3)16-18-24/h15-18,25,27H,7-14,19-22H2,1-6H3,(H2,32,36)(H,33,37)(H,34,39). The van der Waals surface area contributed by atoms with Gasteiger partial charge in [-0.2, -0.15) is 0 Å². The molecule has 0 fully saturated rings. The van der Waals surface area contributed by atoms with Crippen molar-refractivity contribution < 1.29 is 23.9 Å². The van der Waals surface area contributed by atoms with Gasteiger partial charge in [0.05, 0.1) is 0 Å². The van der Waals surface area contributed by atoms with E-state index in [1.807, 2.05) is 24.3 Å². The van der Waals surface area contributed by atoms with Gasteiger partial charge in [0.1, 0.15) is 17.7 Å². The van der Waals surface area contributed by atoms with E-state index in [4.69, 9.17) is 10.5 Å². The zero-order valence-electron chi connectivity index (χ0n) is 25.5. The second-order valence-electron chi connectivity index (χ2n) is 11.3. The predicted octanol–water partition coefficient (Wildman–Crippen LogP) is 5.16. The molecule has 0 aromatic heterocycles. The van der Waals surface area contributed by atoms with Gasteiger partial charge in [-0.15, -0.1) is 0 Å². The molecular weight excluding hydrogens is 508 g/mol. The van der Waals surface area contributed by atoms with Crippen LogP contribution in [0.1, 0.15) is 116 Å². The minimum atomic E-state index is -1.08. The minimum Gasteiger partial charge on any atom is -0.444 e. The van der Waals surface area contributed by atoms with E-state index in [9.17, 15) is 19.2 Å². The quantitative estimate of drug-likeness (QED) is 0.213. The maximum absolute atomic E-state index is 14.2. The Balaban J connectivity index is 3.47. The van der Waals surface area contributed by atoms with Gasteiger partial charge < -0.3 is 26.0 Å². The maximum Gasteiger partial charge on any atom is 0.408 e. The normalized spacial score (nSPS) is 12.8. The number of nitrogens with one attached hydrogen (secondary N) is 2. The zero-order valence-corrected chi connectivity index (χ0v) is 25.5. The highest BCUT2D eigenvalue weighted by Gasteiger charge is 2.36. The number of nitrogens with two attached hydrogens (primary N) is 1. The molecule has 0 aliphatic rings. The summed E-state index contributed by atoms with van der Waals surface area (Å²) in [7, 11) is 0. The van der Waals surface area contributed by atoms with E-state index in [2.05, 4.69) is 31.4 Å². The molecule has 2 unspecified atom stereocenters. The van der Waals surface area contributed by atoms with E-state index in [0.29, 0.717) is 25.1 Å². The van der Waals surface area contributed by atoms with Crippen molar-refractivity contribution in [3.05, 3.63) is 35.4 Å². The van der Waals surface area contributed by atoms with Gasteiger partial charge in [-0.1, -0.05) is 77.1 Å². The van der Waals surface area contributed by atoms with Gasteiger partial charge >= 0.3 is 6.09 Å². The van der Waals surface area contributed by atoms with Crippen LogP contribution in [0.5, 0.6) is 0 Å². The van der Waals surface area contributed by atoms with Crippen molar-refractivity contribution in [1.29, 1.82) is 0 Å². The molecule has 0 radical (unpaired) electrons. The Morgan fingerprint density at radius 2 is 1.55 bits per heavy atom. The molecule has 1 rings (SSSR count). The van der Waals surface area contributed by atoms with Crippen LogP contribution in [0.25, 0.3) is 0 Å². The first-order valence-electron chi connectivity index (χ1n) is 14.9. The SMILES string of the molecule is CCCCCCN(C(=O)C(CCC(N)=O)NC(=O)OC(C)(C)C)C(C(=O)NCCCCC)c1ccc(CC)cc1. The molecule has 0 saturated heterocycles. The number of alkyl carbamates (subject to hydrolysis) is 1. The molecule has 0 heterocycles. The second kappa shape index (κ2) is 18.3. The monoisotopic (exact) mass is 560 g/mol. The summed E-state index contributed by atoms with van der Waals surface area (Å²) in [5.74, 6) is -1.30. The summed E-state index contributed by atoms with van der Waals surface area (Å²) in [6.45, 7) is 12.3. The lowest BCUT2D eigenvalue weighted by molar-refractivity contribution is -0.142. The molecule has 9 nitrogen and oxygen atoms in total. The second-order valence-corrected chi connectivity index (χ2v) is 11.3. The summed E-state index contributed by atoms with van der Waals surface area (Å²) < 4.78 is 5.40. The molecule has 0 aliphatic carbocycles. The van der Waals surface area contributed by atoms with Gasteiger partial charge in [0.25, 0.3) is 0 Å². The molecule has 40 heavy (non-hydrogen) atoms. The van der Waals surface area contributed by atoms with E-state index < -0.39 is 35.6 Å². The number of carbonyl (C=O) groups is 4. The number of carbonyl (C=O) groups excluding carboxylic acids is 4. The Hall–Kier alpha value is -3.10. The van der Waals surface area contributed by atoms with Gasteiger partial charge in [0.2, 0.25) is 17.7 Å². The third kappa shape index (κ3) is 13.3. The van der Waals surface area contributed by atoms with Crippen molar-refractivity contribution in [2.24, 2.45) is 5.73 Å². The third-order valence-corrected chi connectivity index (χ3v) is 6.55. The number of aryl methyl sites for hydroxylation is 1. The summed E-state index contributed by atoms with van der Waals surface area (Å²) in [4.78, 5) is 53.7. The van der Waals surface area contributed by atoms with E-state index in [-0.39, 0.29) is 18.7 Å². The average Bonchev–Trinajstić information content (AvgIpc) is 2.89. The smallest absolute Gasteiger partial charge is 0.408 e. The van der Waals surface area contributed by atoms with Gasteiger partial charge in [0.15, 0.2) is 0 Å². The number of nitrogens with zero attached hydrogens (tertiary/aromatic N) is 1. The Bertz CT molecular complexity index is 927. The zero-order chi connectivity index (χ0) is 30.1.